The minimum absolute atomic E-state index is 0.145. The predicted octanol–water partition coefficient (Wildman–Crippen LogP) is 6.68. The molecule has 1 unspecified atom stereocenters. The second kappa shape index (κ2) is 6.49. The first-order valence-electron chi connectivity index (χ1n) is 12.5. The monoisotopic (exact) mass is 376 g/mol. The number of nitrogens with zero attached hydrogens (tertiary/aromatic N) is 2. The lowest BCUT2D eigenvalue weighted by Gasteiger charge is -2.12. The molecule has 0 fully saturated rings. The van der Waals surface area contributed by atoms with Gasteiger partial charge in [0.2, 0.25) is 5.69 Å². The topological polar surface area (TPSA) is 21.4 Å². The Balaban J connectivity index is 2.17. The Morgan fingerprint density at radius 3 is 2.71 bits per heavy atom. The van der Waals surface area contributed by atoms with Crippen LogP contribution in [0.4, 0.5) is 5.69 Å². The molecule has 2 aromatic carbocycles. The van der Waals surface area contributed by atoms with Gasteiger partial charge in [0, 0.05) is 39.4 Å². The van der Waals surface area contributed by atoms with Gasteiger partial charge >= 0.3 is 0 Å². The highest BCUT2D eigenvalue weighted by molar-refractivity contribution is 6.12. The van der Waals surface area contributed by atoms with Crippen molar-refractivity contribution in [3.05, 3.63) is 70.2 Å². The van der Waals surface area contributed by atoms with E-state index in [1.165, 1.54) is 6.92 Å². The van der Waals surface area contributed by atoms with Crippen molar-refractivity contribution in [3.8, 4) is 11.3 Å². The zero-order valence-corrected chi connectivity index (χ0v) is 16.3. The summed E-state index contributed by atoms with van der Waals surface area (Å²) in [4.78, 5) is 3.45. The number of furan rings is 1. The SMILES string of the molecule is [2H]C([2H])([2H])c1cc(C)c(-c2cc(C([2H])(C)C([2H])([2H])[2H])cc(C)[n+]2C)c2oc3cc([N+]#[C-])ccc3c12. The van der Waals surface area contributed by atoms with Crippen molar-refractivity contribution in [2.75, 3.05) is 0 Å². The van der Waals surface area contributed by atoms with Crippen LogP contribution in [0.5, 0.6) is 0 Å². The fourth-order valence-electron chi connectivity index (χ4n) is 3.71. The predicted molar refractivity (Wildman–Crippen MR) is 115 cm³/mol. The zero-order chi connectivity index (χ0) is 26.1. The van der Waals surface area contributed by atoms with E-state index in [0.717, 1.165) is 5.69 Å². The number of benzene rings is 2. The quantitative estimate of drug-likeness (QED) is 0.282. The lowest BCUT2D eigenvalue weighted by Crippen LogP contribution is -2.35. The van der Waals surface area contributed by atoms with E-state index >= 15 is 0 Å². The Morgan fingerprint density at radius 1 is 1.18 bits per heavy atom. The van der Waals surface area contributed by atoms with Gasteiger partial charge in [-0.2, -0.15) is 4.57 Å². The summed E-state index contributed by atoms with van der Waals surface area (Å²) in [7, 11) is 1.83. The van der Waals surface area contributed by atoms with Gasteiger partial charge in [0.15, 0.2) is 11.4 Å². The summed E-state index contributed by atoms with van der Waals surface area (Å²) in [5.74, 6) is -1.86. The molecule has 2 aromatic heterocycles. The van der Waals surface area contributed by atoms with Crippen LogP contribution in [0.25, 0.3) is 38.0 Å². The van der Waals surface area contributed by atoms with E-state index in [9.17, 15) is 0 Å². The third kappa shape index (κ3) is 2.68. The van der Waals surface area contributed by atoms with E-state index in [-0.39, 0.29) is 5.56 Å². The minimum Gasteiger partial charge on any atom is -0.456 e. The van der Waals surface area contributed by atoms with E-state index in [0.29, 0.717) is 50.0 Å². The van der Waals surface area contributed by atoms with Crippen LogP contribution >= 0.6 is 0 Å². The first-order chi connectivity index (χ1) is 16.1. The number of fused-ring (bicyclic) bond motifs is 3. The molecule has 0 aliphatic carbocycles. The molecule has 0 amide bonds. The molecule has 0 saturated heterocycles. The minimum atomic E-state index is -2.55. The van der Waals surface area contributed by atoms with Gasteiger partial charge in [0.1, 0.15) is 18.2 Å². The normalized spacial score (nSPS) is 18.2. The zero-order valence-electron chi connectivity index (χ0n) is 23.3. The first-order valence-corrected chi connectivity index (χ1v) is 8.97. The van der Waals surface area contributed by atoms with Crippen molar-refractivity contribution in [3.63, 3.8) is 0 Å². The van der Waals surface area contributed by atoms with Crippen LogP contribution in [-0.4, -0.2) is 0 Å². The summed E-state index contributed by atoms with van der Waals surface area (Å²) in [6, 6.07) is 9.88. The summed E-state index contributed by atoms with van der Waals surface area (Å²) in [6.07, 6.45) is 0. The van der Waals surface area contributed by atoms with Crippen molar-refractivity contribution < 1.29 is 18.6 Å². The molecule has 4 rings (SSSR count). The van der Waals surface area contributed by atoms with Crippen LogP contribution in [0.3, 0.4) is 0 Å². The van der Waals surface area contributed by atoms with Gasteiger partial charge in [-0.05, 0) is 42.4 Å². The summed E-state index contributed by atoms with van der Waals surface area (Å²) in [5, 5.41) is 1.02. The lowest BCUT2D eigenvalue weighted by atomic mass is 9.94. The van der Waals surface area contributed by atoms with Crippen molar-refractivity contribution in [1.82, 2.24) is 0 Å². The standard InChI is InChI=1S/C25H25N2O/c1-14(2)18-11-17(5)27(7)21(12-18)24-16(4)10-15(3)23-20-9-8-19(26-6)13-22(20)28-25(23)24/h8-14H,1-5,7H3/q+1/i1D3,3D3,14D. The molecule has 3 nitrogen and oxygen atoms in total. The van der Waals surface area contributed by atoms with Crippen LogP contribution in [0.15, 0.2) is 40.8 Å². The second-order valence-corrected chi connectivity index (χ2v) is 7.17. The number of aromatic nitrogens is 1. The van der Waals surface area contributed by atoms with Gasteiger partial charge in [-0.3, -0.25) is 0 Å². The summed E-state index contributed by atoms with van der Waals surface area (Å²) in [5.41, 5.74) is 4.17. The number of rotatable bonds is 2. The Hall–Kier alpha value is -3.12. The molecule has 0 spiro atoms. The average Bonchev–Trinajstić information content (AvgIpc) is 3.11. The maximum atomic E-state index is 8.61. The molecule has 1 atom stereocenters. The molecule has 0 aliphatic heterocycles. The highest BCUT2D eigenvalue weighted by Gasteiger charge is 2.24. The van der Waals surface area contributed by atoms with Crippen molar-refractivity contribution >= 4 is 27.6 Å². The summed E-state index contributed by atoms with van der Waals surface area (Å²) in [6.45, 7) is 7.34. The largest absolute Gasteiger partial charge is 0.456 e. The highest BCUT2D eigenvalue weighted by atomic mass is 16.3. The fourth-order valence-corrected chi connectivity index (χ4v) is 3.71. The van der Waals surface area contributed by atoms with Crippen molar-refractivity contribution in [2.45, 2.75) is 40.4 Å². The van der Waals surface area contributed by atoms with Gasteiger partial charge in [0.25, 0.3) is 0 Å². The van der Waals surface area contributed by atoms with Gasteiger partial charge in [-0.1, -0.05) is 32.0 Å². The van der Waals surface area contributed by atoms with Crippen LogP contribution in [-0.2, 0) is 7.05 Å². The van der Waals surface area contributed by atoms with E-state index in [2.05, 4.69) is 4.85 Å². The van der Waals surface area contributed by atoms with Crippen LogP contribution in [0.1, 0.15) is 51.6 Å². The maximum absolute atomic E-state index is 8.61. The van der Waals surface area contributed by atoms with Crippen molar-refractivity contribution in [1.29, 1.82) is 0 Å². The molecule has 0 bridgehead atoms. The Bertz CT molecular complexity index is 1540. The average molecular weight is 377 g/mol. The second-order valence-electron chi connectivity index (χ2n) is 7.17. The van der Waals surface area contributed by atoms with E-state index in [1.54, 1.807) is 43.3 Å². The molecule has 4 aromatic rings. The third-order valence-electron chi connectivity index (χ3n) is 5.29. The van der Waals surface area contributed by atoms with Crippen molar-refractivity contribution in [2.24, 2.45) is 7.05 Å². The summed E-state index contributed by atoms with van der Waals surface area (Å²) < 4.78 is 64.8. The maximum Gasteiger partial charge on any atom is 0.216 e. The summed E-state index contributed by atoms with van der Waals surface area (Å²) >= 11 is 0. The van der Waals surface area contributed by atoms with E-state index < -0.39 is 19.6 Å². The number of hydrogen-bond donors (Lipinski definition) is 0. The molecule has 3 heteroatoms. The Kier molecular flexibility index (Phi) is 2.70. The third-order valence-corrected chi connectivity index (χ3v) is 5.29. The highest BCUT2D eigenvalue weighted by Crippen LogP contribution is 2.40. The lowest BCUT2D eigenvalue weighted by molar-refractivity contribution is -0.666. The van der Waals surface area contributed by atoms with Crippen LogP contribution in [0, 0.1) is 27.3 Å². The molecular weight excluding hydrogens is 344 g/mol. The molecule has 140 valence electrons. The van der Waals surface area contributed by atoms with E-state index in [1.807, 2.05) is 18.5 Å². The fraction of sp³-hybridized carbons (Fsp3) is 0.280. The van der Waals surface area contributed by atoms with Crippen LogP contribution < -0.4 is 4.57 Å². The van der Waals surface area contributed by atoms with Gasteiger partial charge in [0.05, 0.1) is 12.1 Å². The number of pyridine rings is 1. The molecule has 2 heterocycles. The number of aryl methyl sites for hydroxylation is 3. The van der Waals surface area contributed by atoms with Crippen LogP contribution in [0.2, 0.25) is 0 Å². The van der Waals surface area contributed by atoms with Gasteiger partial charge < -0.3 is 4.42 Å². The van der Waals surface area contributed by atoms with Gasteiger partial charge in [-0.25, -0.2) is 4.85 Å². The smallest absolute Gasteiger partial charge is 0.216 e. The first kappa shape index (κ1) is 11.7. The molecule has 0 N–H and O–H groups in total. The molecule has 0 radical (unpaired) electrons. The Morgan fingerprint density at radius 2 is 2.00 bits per heavy atom. The van der Waals surface area contributed by atoms with E-state index in [4.69, 9.17) is 20.6 Å². The van der Waals surface area contributed by atoms with Gasteiger partial charge in [-0.15, -0.1) is 0 Å². The number of hydrogen-bond acceptors (Lipinski definition) is 1. The molecule has 0 saturated carbocycles. The molecule has 0 aliphatic rings. The molecule has 28 heavy (non-hydrogen) atoms. The Labute approximate surface area is 175 Å². The molecular formula is C25H25N2O+.